The van der Waals surface area contributed by atoms with Crippen LogP contribution >= 0.6 is 0 Å². The number of rotatable bonds is 5. The predicted octanol–water partition coefficient (Wildman–Crippen LogP) is -0.0548. The molecule has 1 unspecified atom stereocenters. The van der Waals surface area contributed by atoms with Crippen molar-refractivity contribution >= 4 is 10.0 Å². The molecule has 1 atom stereocenters. The molecule has 1 saturated carbocycles. The van der Waals surface area contributed by atoms with Crippen molar-refractivity contribution in [1.82, 2.24) is 14.9 Å². The minimum Gasteiger partial charge on any atom is -0.326 e. The third-order valence-corrected chi connectivity index (χ3v) is 4.41. The molecular weight excluding hydrogens is 228 g/mol. The van der Waals surface area contributed by atoms with Crippen LogP contribution in [0.25, 0.3) is 0 Å². The second-order valence-corrected chi connectivity index (χ2v) is 5.83. The summed E-state index contributed by atoms with van der Waals surface area (Å²) in [4.78, 5) is 0. The average Bonchev–Trinajstić information content (AvgIpc) is 2.95. The number of hydrogen-bond donors (Lipinski definition) is 3. The van der Waals surface area contributed by atoms with E-state index in [1.54, 1.807) is 0 Å². The predicted molar refractivity (Wildman–Crippen MR) is 59.0 cm³/mol. The van der Waals surface area contributed by atoms with E-state index in [1.807, 2.05) is 6.92 Å². The summed E-state index contributed by atoms with van der Waals surface area (Å²) in [5.41, 5.74) is 5.95. The number of nitrogens with one attached hydrogen (secondary N) is 2. The normalized spacial score (nSPS) is 18.6. The van der Waals surface area contributed by atoms with E-state index in [0.29, 0.717) is 11.5 Å². The molecule has 7 heteroatoms. The Morgan fingerprint density at radius 1 is 1.69 bits per heavy atom. The van der Waals surface area contributed by atoms with Gasteiger partial charge in [0.15, 0.2) is 5.03 Å². The molecular formula is C9H16N4O2S. The molecule has 0 amide bonds. The number of aromatic nitrogens is 2. The van der Waals surface area contributed by atoms with E-state index in [2.05, 4.69) is 14.9 Å². The van der Waals surface area contributed by atoms with Gasteiger partial charge in [0.25, 0.3) is 10.0 Å². The summed E-state index contributed by atoms with van der Waals surface area (Å²) >= 11 is 0. The maximum atomic E-state index is 12.0. The van der Waals surface area contributed by atoms with Crippen molar-refractivity contribution in [1.29, 1.82) is 0 Å². The molecule has 0 bridgehead atoms. The fraction of sp³-hybridized carbons (Fsp3) is 0.667. The van der Waals surface area contributed by atoms with Crippen molar-refractivity contribution in [3.05, 3.63) is 11.8 Å². The van der Waals surface area contributed by atoms with Gasteiger partial charge in [-0.2, -0.15) is 5.10 Å². The van der Waals surface area contributed by atoms with Crippen LogP contribution in [-0.2, 0) is 16.6 Å². The van der Waals surface area contributed by atoms with Crippen molar-refractivity contribution in [3.63, 3.8) is 0 Å². The summed E-state index contributed by atoms with van der Waals surface area (Å²) in [5.74, 6) is 0.471. The zero-order valence-electron chi connectivity index (χ0n) is 9.10. The third kappa shape index (κ3) is 2.26. The molecule has 1 aliphatic carbocycles. The molecule has 16 heavy (non-hydrogen) atoms. The summed E-state index contributed by atoms with van der Waals surface area (Å²) < 4.78 is 26.6. The van der Waals surface area contributed by atoms with Gasteiger partial charge in [-0.15, -0.1) is 0 Å². The molecule has 0 radical (unpaired) electrons. The van der Waals surface area contributed by atoms with Gasteiger partial charge in [0.1, 0.15) is 0 Å². The number of H-pyrrole nitrogens is 1. The highest BCUT2D eigenvalue weighted by Gasteiger charge is 2.32. The number of hydrogen-bond acceptors (Lipinski definition) is 4. The Labute approximate surface area is 94.7 Å². The molecule has 1 aromatic heterocycles. The molecule has 90 valence electrons. The highest BCUT2D eigenvalue weighted by Crippen LogP contribution is 2.33. The smallest absolute Gasteiger partial charge is 0.258 e. The first-order valence-electron chi connectivity index (χ1n) is 5.29. The van der Waals surface area contributed by atoms with Crippen LogP contribution in [0.1, 0.15) is 25.3 Å². The summed E-state index contributed by atoms with van der Waals surface area (Å²) in [7, 11) is -3.51. The monoisotopic (exact) mass is 244 g/mol. The van der Waals surface area contributed by atoms with Gasteiger partial charge in [0, 0.05) is 18.2 Å². The van der Waals surface area contributed by atoms with Gasteiger partial charge in [-0.1, -0.05) is 0 Å². The Morgan fingerprint density at radius 3 is 2.94 bits per heavy atom. The van der Waals surface area contributed by atoms with E-state index in [-0.39, 0.29) is 17.6 Å². The molecule has 0 saturated heterocycles. The lowest BCUT2D eigenvalue weighted by Crippen LogP contribution is -2.34. The van der Waals surface area contributed by atoms with Gasteiger partial charge >= 0.3 is 0 Å². The Balaban J connectivity index is 2.17. The zero-order chi connectivity index (χ0) is 11.8. The number of nitrogens with two attached hydrogens (primary N) is 1. The lowest BCUT2D eigenvalue weighted by molar-refractivity contribution is 0.534. The topological polar surface area (TPSA) is 101 Å². The Bertz CT molecular complexity index is 464. The maximum Gasteiger partial charge on any atom is 0.258 e. The molecule has 1 fully saturated rings. The second-order valence-electron chi connectivity index (χ2n) is 4.18. The summed E-state index contributed by atoms with van der Waals surface area (Å²) in [6, 6.07) is -0.0288. The minimum atomic E-state index is -3.51. The molecule has 0 aromatic carbocycles. The van der Waals surface area contributed by atoms with E-state index < -0.39 is 10.0 Å². The van der Waals surface area contributed by atoms with Crippen LogP contribution in [0.4, 0.5) is 0 Å². The van der Waals surface area contributed by atoms with Crippen LogP contribution in [0.15, 0.2) is 11.2 Å². The Kier molecular flexibility index (Phi) is 3.00. The summed E-state index contributed by atoms with van der Waals surface area (Å²) in [5, 5.41) is 6.27. The first kappa shape index (κ1) is 11.6. The molecule has 0 aliphatic heterocycles. The first-order valence-corrected chi connectivity index (χ1v) is 6.77. The Hall–Kier alpha value is -0.920. The van der Waals surface area contributed by atoms with E-state index in [4.69, 9.17) is 5.73 Å². The van der Waals surface area contributed by atoms with Crippen LogP contribution in [0.5, 0.6) is 0 Å². The van der Waals surface area contributed by atoms with Gasteiger partial charge in [-0.25, -0.2) is 13.1 Å². The summed E-state index contributed by atoms with van der Waals surface area (Å²) in [6.45, 7) is 2.04. The second kappa shape index (κ2) is 4.15. The van der Waals surface area contributed by atoms with Crippen molar-refractivity contribution in [2.75, 3.05) is 0 Å². The number of aromatic amines is 1. The van der Waals surface area contributed by atoms with Crippen LogP contribution < -0.4 is 10.5 Å². The first-order chi connectivity index (χ1) is 7.54. The largest absolute Gasteiger partial charge is 0.326 e. The van der Waals surface area contributed by atoms with Crippen LogP contribution in [-0.4, -0.2) is 24.7 Å². The molecule has 2 rings (SSSR count). The van der Waals surface area contributed by atoms with Gasteiger partial charge in [0.2, 0.25) is 0 Å². The van der Waals surface area contributed by atoms with E-state index >= 15 is 0 Å². The molecule has 1 aromatic rings. The standard InChI is InChI=1S/C9H16N4O2S/c1-6(7-2-3-7)13-16(14,15)9-8(4-10)5-11-12-9/h5-7,13H,2-4,10H2,1H3,(H,11,12). The maximum absolute atomic E-state index is 12.0. The molecule has 4 N–H and O–H groups in total. The quantitative estimate of drug-likeness (QED) is 0.675. The van der Waals surface area contributed by atoms with Gasteiger partial charge in [0.05, 0.1) is 6.20 Å². The average molecular weight is 244 g/mol. The molecule has 0 spiro atoms. The van der Waals surface area contributed by atoms with Gasteiger partial charge < -0.3 is 5.73 Å². The number of nitrogens with zero attached hydrogens (tertiary/aromatic N) is 1. The van der Waals surface area contributed by atoms with Crippen molar-refractivity contribution < 1.29 is 8.42 Å². The summed E-state index contributed by atoms with van der Waals surface area (Å²) in [6.07, 6.45) is 3.63. The van der Waals surface area contributed by atoms with Gasteiger partial charge in [-0.05, 0) is 25.7 Å². The fourth-order valence-electron chi connectivity index (χ4n) is 1.67. The van der Waals surface area contributed by atoms with E-state index in [0.717, 1.165) is 12.8 Å². The molecule has 1 aliphatic rings. The lowest BCUT2D eigenvalue weighted by atomic mass is 10.2. The third-order valence-electron chi connectivity index (χ3n) is 2.84. The Morgan fingerprint density at radius 2 is 2.38 bits per heavy atom. The van der Waals surface area contributed by atoms with Crippen LogP contribution in [0.3, 0.4) is 0 Å². The van der Waals surface area contributed by atoms with Crippen molar-refractivity contribution in [3.8, 4) is 0 Å². The number of sulfonamides is 1. The van der Waals surface area contributed by atoms with E-state index in [1.165, 1.54) is 6.20 Å². The van der Waals surface area contributed by atoms with Crippen LogP contribution in [0.2, 0.25) is 0 Å². The molecule has 1 heterocycles. The molecule has 6 nitrogen and oxygen atoms in total. The fourth-order valence-corrected chi connectivity index (χ4v) is 3.13. The van der Waals surface area contributed by atoms with Crippen molar-refractivity contribution in [2.45, 2.75) is 37.4 Å². The highest BCUT2D eigenvalue weighted by atomic mass is 32.2. The zero-order valence-corrected chi connectivity index (χ0v) is 9.92. The highest BCUT2D eigenvalue weighted by molar-refractivity contribution is 7.89. The van der Waals surface area contributed by atoms with E-state index in [9.17, 15) is 8.42 Å². The minimum absolute atomic E-state index is 0.0288. The van der Waals surface area contributed by atoms with Gasteiger partial charge in [-0.3, -0.25) is 5.10 Å². The lowest BCUT2D eigenvalue weighted by Gasteiger charge is -2.12. The van der Waals surface area contributed by atoms with Crippen LogP contribution in [0, 0.1) is 5.92 Å². The van der Waals surface area contributed by atoms with Crippen molar-refractivity contribution in [2.24, 2.45) is 11.7 Å². The SMILES string of the molecule is CC(NS(=O)(=O)c1[nH]ncc1CN)C1CC1.